The van der Waals surface area contributed by atoms with Crippen molar-refractivity contribution in [1.29, 1.82) is 0 Å². The van der Waals surface area contributed by atoms with E-state index >= 15 is 0 Å². The van der Waals surface area contributed by atoms with Gasteiger partial charge in [0.15, 0.2) is 11.6 Å². The zero-order valence-corrected chi connectivity index (χ0v) is 6.80. The average Bonchev–Trinajstić information content (AvgIpc) is 2.57. The maximum atomic E-state index is 13.3. The van der Waals surface area contributed by atoms with Crippen LogP contribution in [-0.4, -0.2) is 16.6 Å². The number of imidazole rings is 1. The van der Waals surface area contributed by atoms with Gasteiger partial charge in [-0.3, -0.25) is 0 Å². The smallest absolute Gasteiger partial charge is 0.387 e. The van der Waals surface area contributed by atoms with Gasteiger partial charge in [0.25, 0.3) is 0 Å². The number of halogens is 3. The van der Waals surface area contributed by atoms with Gasteiger partial charge in [0, 0.05) is 0 Å². The molecule has 0 aliphatic rings. The zero-order chi connectivity index (χ0) is 10.1. The topological polar surface area (TPSA) is 37.9 Å². The van der Waals surface area contributed by atoms with E-state index in [9.17, 15) is 13.2 Å². The number of fused-ring (bicyclic) bond motifs is 1. The summed E-state index contributed by atoms with van der Waals surface area (Å²) in [5.74, 6) is -1.39. The van der Waals surface area contributed by atoms with E-state index in [-0.39, 0.29) is 5.52 Å². The number of aromatic nitrogens is 2. The Balaban J connectivity index is 2.51. The van der Waals surface area contributed by atoms with Crippen LogP contribution < -0.4 is 4.74 Å². The van der Waals surface area contributed by atoms with Crippen molar-refractivity contribution in [3.63, 3.8) is 0 Å². The van der Waals surface area contributed by atoms with Gasteiger partial charge in [-0.1, -0.05) is 0 Å². The Hall–Kier alpha value is -1.72. The second-order valence-corrected chi connectivity index (χ2v) is 2.55. The second-order valence-electron chi connectivity index (χ2n) is 2.55. The standard InChI is InChI=1S/C8H5F3N2O/c9-6-5(14-8(10)11)2-1-4-7(6)13-3-12-4/h1-3,8H,(H,12,13). The molecule has 0 saturated carbocycles. The summed E-state index contributed by atoms with van der Waals surface area (Å²) in [5.41, 5.74) is 0.423. The van der Waals surface area contributed by atoms with E-state index in [2.05, 4.69) is 14.7 Å². The summed E-state index contributed by atoms with van der Waals surface area (Å²) < 4.78 is 40.9. The van der Waals surface area contributed by atoms with E-state index in [4.69, 9.17) is 0 Å². The second kappa shape index (κ2) is 3.21. The van der Waals surface area contributed by atoms with E-state index in [1.807, 2.05) is 0 Å². The van der Waals surface area contributed by atoms with Crippen molar-refractivity contribution in [2.24, 2.45) is 0 Å². The van der Waals surface area contributed by atoms with Crippen molar-refractivity contribution < 1.29 is 17.9 Å². The highest BCUT2D eigenvalue weighted by Crippen LogP contribution is 2.24. The molecule has 0 fully saturated rings. The van der Waals surface area contributed by atoms with E-state index in [0.717, 1.165) is 6.07 Å². The first kappa shape index (κ1) is 8.86. The number of ether oxygens (including phenoxy) is 1. The quantitative estimate of drug-likeness (QED) is 0.811. The lowest BCUT2D eigenvalue weighted by molar-refractivity contribution is -0.0520. The van der Waals surface area contributed by atoms with Gasteiger partial charge in [0.1, 0.15) is 5.52 Å². The van der Waals surface area contributed by atoms with Crippen LogP contribution >= 0.6 is 0 Å². The lowest BCUT2D eigenvalue weighted by Crippen LogP contribution is -2.03. The van der Waals surface area contributed by atoms with Crippen molar-refractivity contribution >= 4 is 11.0 Å². The highest BCUT2D eigenvalue weighted by atomic mass is 19.3. The largest absolute Gasteiger partial charge is 0.432 e. The molecular formula is C8H5F3N2O. The van der Waals surface area contributed by atoms with Crippen molar-refractivity contribution in [3.05, 3.63) is 24.3 Å². The molecule has 0 saturated heterocycles. The van der Waals surface area contributed by atoms with E-state index in [0.29, 0.717) is 5.52 Å². The Morgan fingerprint density at radius 3 is 2.86 bits per heavy atom. The molecule has 0 atom stereocenters. The molecule has 0 radical (unpaired) electrons. The van der Waals surface area contributed by atoms with Crippen LogP contribution in [0.15, 0.2) is 18.5 Å². The van der Waals surface area contributed by atoms with Gasteiger partial charge < -0.3 is 9.72 Å². The van der Waals surface area contributed by atoms with Gasteiger partial charge >= 0.3 is 6.61 Å². The van der Waals surface area contributed by atoms with E-state index < -0.39 is 18.2 Å². The molecule has 2 rings (SSSR count). The molecule has 0 aliphatic carbocycles. The SMILES string of the molecule is Fc1c(OC(F)F)ccc2[nH]cnc12. The van der Waals surface area contributed by atoms with Gasteiger partial charge in [0.2, 0.25) is 0 Å². The highest BCUT2D eigenvalue weighted by molar-refractivity contribution is 5.76. The number of hydrogen-bond donors (Lipinski definition) is 1. The number of nitrogens with one attached hydrogen (secondary N) is 1. The van der Waals surface area contributed by atoms with Crippen molar-refractivity contribution in [2.75, 3.05) is 0 Å². The fourth-order valence-electron chi connectivity index (χ4n) is 1.14. The zero-order valence-electron chi connectivity index (χ0n) is 6.80. The van der Waals surface area contributed by atoms with Crippen LogP contribution in [0, 0.1) is 5.82 Å². The fourth-order valence-corrected chi connectivity index (χ4v) is 1.14. The van der Waals surface area contributed by atoms with Crippen LogP contribution in [0.1, 0.15) is 0 Å². The third kappa shape index (κ3) is 1.39. The van der Waals surface area contributed by atoms with Gasteiger partial charge in [-0.15, -0.1) is 0 Å². The number of hydrogen-bond acceptors (Lipinski definition) is 2. The van der Waals surface area contributed by atoms with Gasteiger partial charge in [0.05, 0.1) is 11.8 Å². The molecule has 14 heavy (non-hydrogen) atoms. The van der Waals surface area contributed by atoms with Crippen LogP contribution in [0.3, 0.4) is 0 Å². The first-order valence-electron chi connectivity index (χ1n) is 3.75. The maximum absolute atomic E-state index is 13.3. The molecule has 2 aromatic rings. The van der Waals surface area contributed by atoms with Crippen LogP contribution in [-0.2, 0) is 0 Å². The molecule has 3 nitrogen and oxygen atoms in total. The lowest BCUT2D eigenvalue weighted by atomic mass is 10.3. The monoisotopic (exact) mass is 202 g/mol. The molecule has 6 heteroatoms. The number of aromatic amines is 1. The highest BCUT2D eigenvalue weighted by Gasteiger charge is 2.13. The first-order valence-corrected chi connectivity index (χ1v) is 3.75. The van der Waals surface area contributed by atoms with Crippen LogP contribution in [0.25, 0.3) is 11.0 Å². The molecule has 74 valence electrons. The van der Waals surface area contributed by atoms with Gasteiger partial charge in [-0.05, 0) is 12.1 Å². The van der Waals surface area contributed by atoms with E-state index in [1.165, 1.54) is 12.4 Å². The summed E-state index contributed by atoms with van der Waals surface area (Å²) in [6.07, 6.45) is 1.28. The fraction of sp³-hybridized carbons (Fsp3) is 0.125. The molecule has 0 aliphatic heterocycles. The maximum Gasteiger partial charge on any atom is 0.387 e. The van der Waals surface area contributed by atoms with Crippen LogP contribution in [0.4, 0.5) is 13.2 Å². The normalized spacial score (nSPS) is 11.1. The number of rotatable bonds is 2. The number of alkyl halides is 2. The number of benzene rings is 1. The molecule has 0 bridgehead atoms. The molecular weight excluding hydrogens is 197 g/mol. The predicted molar refractivity (Wildman–Crippen MR) is 42.7 cm³/mol. The van der Waals surface area contributed by atoms with Crippen LogP contribution in [0.2, 0.25) is 0 Å². The first-order chi connectivity index (χ1) is 6.68. The van der Waals surface area contributed by atoms with E-state index in [1.54, 1.807) is 0 Å². The minimum Gasteiger partial charge on any atom is -0.432 e. The third-order valence-electron chi connectivity index (χ3n) is 1.71. The number of nitrogens with zero attached hydrogens (tertiary/aromatic N) is 1. The molecule has 1 heterocycles. The molecule has 0 amide bonds. The summed E-state index contributed by atoms with van der Waals surface area (Å²) in [6.45, 7) is -3.04. The number of H-pyrrole nitrogens is 1. The minimum atomic E-state index is -3.04. The molecule has 0 unspecified atom stereocenters. The van der Waals surface area contributed by atoms with Gasteiger partial charge in [-0.25, -0.2) is 9.37 Å². The lowest BCUT2D eigenvalue weighted by Gasteiger charge is -2.04. The van der Waals surface area contributed by atoms with Crippen molar-refractivity contribution in [2.45, 2.75) is 6.61 Å². The summed E-state index contributed by atoms with van der Waals surface area (Å²) in [5, 5.41) is 0. The van der Waals surface area contributed by atoms with Gasteiger partial charge in [-0.2, -0.15) is 8.78 Å². The third-order valence-corrected chi connectivity index (χ3v) is 1.71. The van der Waals surface area contributed by atoms with Crippen molar-refractivity contribution in [1.82, 2.24) is 9.97 Å². The van der Waals surface area contributed by atoms with Crippen LogP contribution in [0.5, 0.6) is 5.75 Å². The molecule has 1 aromatic carbocycles. The Labute approximate surface area is 76.5 Å². The van der Waals surface area contributed by atoms with Crippen molar-refractivity contribution in [3.8, 4) is 5.75 Å². The Morgan fingerprint density at radius 2 is 2.14 bits per heavy atom. The molecule has 1 N–H and O–H groups in total. The molecule has 1 aromatic heterocycles. The minimum absolute atomic E-state index is 0.0110. The molecule has 0 spiro atoms. The summed E-state index contributed by atoms with van der Waals surface area (Å²) >= 11 is 0. The Morgan fingerprint density at radius 1 is 1.36 bits per heavy atom. The Kier molecular flexibility index (Phi) is 2.03. The Bertz CT molecular complexity index is 455. The summed E-state index contributed by atoms with van der Waals surface area (Å²) in [4.78, 5) is 6.28. The average molecular weight is 202 g/mol. The predicted octanol–water partition coefficient (Wildman–Crippen LogP) is 2.30. The summed E-state index contributed by atoms with van der Waals surface area (Å²) in [6, 6.07) is 2.55. The summed E-state index contributed by atoms with van der Waals surface area (Å²) in [7, 11) is 0.